The molecule has 2 aromatic rings. The molecule has 0 atom stereocenters. The number of hydrogen-bond acceptors (Lipinski definition) is 5. The third-order valence-electron chi connectivity index (χ3n) is 6.80. The fourth-order valence-corrected chi connectivity index (χ4v) is 4.93. The molecular weight excluding hydrogens is 430 g/mol. The van der Waals surface area contributed by atoms with Crippen molar-refractivity contribution >= 4 is 18.0 Å². The molecule has 3 amide bonds. The molecule has 2 saturated heterocycles. The topological polar surface area (TPSA) is 62.3 Å². The summed E-state index contributed by atoms with van der Waals surface area (Å²) in [6, 6.07) is 17.8. The zero-order valence-electron chi connectivity index (χ0n) is 20.0. The molecule has 0 aromatic heterocycles. The minimum absolute atomic E-state index is 0.0994. The average Bonchev–Trinajstić information content (AvgIpc) is 3.06. The Morgan fingerprint density at radius 1 is 0.971 bits per heavy atom. The third kappa shape index (κ3) is 4.86. The van der Waals surface area contributed by atoms with Gasteiger partial charge in [-0.25, -0.2) is 4.79 Å². The first-order valence-corrected chi connectivity index (χ1v) is 11.8. The van der Waals surface area contributed by atoms with Gasteiger partial charge in [-0.3, -0.25) is 14.6 Å². The second kappa shape index (κ2) is 10.8. The number of amides is 3. The maximum absolute atomic E-state index is 13.6. The van der Waals surface area contributed by atoms with Gasteiger partial charge in [0.05, 0.1) is 13.7 Å². The molecule has 7 heteroatoms. The van der Waals surface area contributed by atoms with E-state index in [0.717, 1.165) is 30.9 Å². The van der Waals surface area contributed by atoms with Gasteiger partial charge in [0.1, 0.15) is 11.3 Å². The minimum atomic E-state index is -0.791. The van der Waals surface area contributed by atoms with Crippen molar-refractivity contribution in [1.29, 1.82) is 0 Å². The molecule has 7 nitrogen and oxygen atoms in total. The number of likely N-dealkylation sites (tertiary alicyclic amines) is 1. The lowest BCUT2D eigenvalue weighted by Gasteiger charge is -2.42. The molecule has 0 unspecified atom stereocenters. The van der Waals surface area contributed by atoms with Gasteiger partial charge in [-0.2, -0.15) is 0 Å². The van der Waals surface area contributed by atoms with Gasteiger partial charge in [-0.15, -0.1) is 0 Å². The number of piperidine rings is 1. The SMILES string of the molecule is COCCN1C(=O)N(CC=Cc2ccccc2OC)C(=O)C12CCN(Cc1ccccc1)CC2. The lowest BCUT2D eigenvalue weighted by molar-refractivity contribution is -0.135. The molecule has 1 spiro atoms. The molecule has 0 aliphatic carbocycles. The number of imide groups is 1. The van der Waals surface area contributed by atoms with E-state index in [9.17, 15) is 9.59 Å². The van der Waals surface area contributed by atoms with Gasteiger partial charge in [0, 0.05) is 45.4 Å². The highest BCUT2D eigenvalue weighted by atomic mass is 16.5. The summed E-state index contributed by atoms with van der Waals surface area (Å²) in [4.78, 5) is 32.5. The summed E-state index contributed by atoms with van der Waals surface area (Å²) in [5.74, 6) is 0.652. The predicted molar refractivity (Wildman–Crippen MR) is 131 cm³/mol. The molecule has 2 aromatic carbocycles. The van der Waals surface area contributed by atoms with Gasteiger partial charge in [0.25, 0.3) is 5.91 Å². The monoisotopic (exact) mass is 463 g/mol. The summed E-state index contributed by atoms with van der Waals surface area (Å²) in [6.07, 6.45) is 5.00. The largest absolute Gasteiger partial charge is 0.496 e. The molecule has 0 saturated carbocycles. The zero-order chi connectivity index (χ0) is 24.0. The molecule has 2 aliphatic rings. The van der Waals surface area contributed by atoms with Crippen molar-refractivity contribution in [3.05, 3.63) is 71.8 Å². The van der Waals surface area contributed by atoms with E-state index in [4.69, 9.17) is 9.47 Å². The van der Waals surface area contributed by atoms with Gasteiger partial charge < -0.3 is 14.4 Å². The summed E-state index contributed by atoms with van der Waals surface area (Å²) in [7, 11) is 3.24. The molecule has 0 radical (unpaired) electrons. The van der Waals surface area contributed by atoms with E-state index in [1.54, 1.807) is 19.1 Å². The zero-order valence-corrected chi connectivity index (χ0v) is 20.0. The number of carbonyl (C=O) groups excluding carboxylic acids is 2. The maximum Gasteiger partial charge on any atom is 0.328 e. The fourth-order valence-electron chi connectivity index (χ4n) is 4.93. The van der Waals surface area contributed by atoms with Gasteiger partial charge in [0.15, 0.2) is 0 Å². The summed E-state index contributed by atoms with van der Waals surface area (Å²) in [5.41, 5.74) is 1.37. The van der Waals surface area contributed by atoms with E-state index in [1.165, 1.54) is 10.5 Å². The predicted octanol–water partition coefficient (Wildman–Crippen LogP) is 3.65. The van der Waals surface area contributed by atoms with Gasteiger partial charge in [-0.1, -0.05) is 60.7 Å². The van der Waals surface area contributed by atoms with Crippen LogP contribution in [-0.2, 0) is 16.1 Å². The number of hydrogen-bond donors (Lipinski definition) is 0. The fraction of sp³-hybridized carbons (Fsp3) is 0.407. The van der Waals surface area contributed by atoms with Crippen molar-refractivity contribution in [3.8, 4) is 5.75 Å². The van der Waals surface area contributed by atoms with E-state index in [0.29, 0.717) is 26.0 Å². The molecule has 2 aliphatic heterocycles. The van der Waals surface area contributed by atoms with Crippen LogP contribution in [0.5, 0.6) is 5.75 Å². The normalized spacial score (nSPS) is 18.4. The van der Waals surface area contributed by atoms with Crippen molar-refractivity contribution in [2.75, 3.05) is 47.0 Å². The Morgan fingerprint density at radius 2 is 1.68 bits per heavy atom. The van der Waals surface area contributed by atoms with Crippen LogP contribution in [0.15, 0.2) is 60.7 Å². The van der Waals surface area contributed by atoms with Crippen molar-refractivity contribution < 1.29 is 19.1 Å². The lowest BCUT2D eigenvalue weighted by atomic mass is 9.85. The number of ether oxygens (including phenoxy) is 2. The van der Waals surface area contributed by atoms with Gasteiger partial charge in [-0.05, 0) is 24.5 Å². The number of nitrogens with zero attached hydrogens (tertiary/aromatic N) is 3. The second-order valence-electron chi connectivity index (χ2n) is 8.78. The number of urea groups is 1. The Bertz CT molecular complexity index is 1020. The van der Waals surface area contributed by atoms with Crippen LogP contribution in [0.2, 0.25) is 0 Å². The molecule has 2 fully saturated rings. The number of benzene rings is 2. The third-order valence-corrected chi connectivity index (χ3v) is 6.80. The van der Waals surface area contributed by atoms with E-state index in [2.05, 4.69) is 17.0 Å². The second-order valence-corrected chi connectivity index (χ2v) is 8.78. The van der Waals surface area contributed by atoms with E-state index in [-0.39, 0.29) is 18.5 Å². The lowest BCUT2D eigenvalue weighted by Crippen LogP contribution is -2.57. The Balaban J connectivity index is 1.47. The van der Waals surface area contributed by atoms with Crippen molar-refractivity contribution in [2.45, 2.75) is 24.9 Å². The first-order valence-electron chi connectivity index (χ1n) is 11.8. The smallest absolute Gasteiger partial charge is 0.328 e. The Kier molecular flexibility index (Phi) is 7.65. The number of para-hydroxylation sites is 1. The highest BCUT2D eigenvalue weighted by Crippen LogP contribution is 2.37. The molecule has 2 heterocycles. The highest BCUT2D eigenvalue weighted by Gasteiger charge is 2.57. The van der Waals surface area contributed by atoms with Crippen molar-refractivity contribution in [2.24, 2.45) is 0 Å². The van der Waals surface area contributed by atoms with E-state index < -0.39 is 5.54 Å². The van der Waals surface area contributed by atoms with Crippen LogP contribution in [0, 0.1) is 0 Å². The quantitative estimate of drug-likeness (QED) is 0.531. The van der Waals surface area contributed by atoms with Crippen LogP contribution >= 0.6 is 0 Å². The summed E-state index contributed by atoms with van der Waals surface area (Å²) in [6.45, 7) is 3.42. The molecule has 0 bridgehead atoms. The number of rotatable bonds is 9. The number of carbonyl (C=O) groups is 2. The van der Waals surface area contributed by atoms with Crippen LogP contribution < -0.4 is 4.74 Å². The van der Waals surface area contributed by atoms with Crippen LogP contribution in [-0.4, -0.2) is 79.2 Å². The minimum Gasteiger partial charge on any atom is -0.496 e. The van der Waals surface area contributed by atoms with Crippen LogP contribution in [0.1, 0.15) is 24.0 Å². The Hall–Kier alpha value is -3.16. The molecule has 180 valence electrons. The van der Waals surface area contributed by atoms with E-state index >= 15 is 0 Å². The summed E-state index contributed by atoms with van der Waals surface area (Å²) >= 11 is 0. The first kappa shape index (κ1) is 24.0. The average molecular weight is 464 g/mol. The van der Waals surface area contributed by atoms with Crippen LogP contribution in [0.4, 0.5) is 4.79 Å². The van der Waals surface area contributed by atoms with Crippen molar-refractivity contribution in [1.82, 2.24) is 14.7 Å². The highest BCUT2D eigenvalue weighted by molar-refractivity contribution is 6.07. The molecule has 4 rings (SSSR count). The summed E-state index contributed by atoms with van der Waals surface area (Å²) in [5, 5.41) is 0. The van der Waals surface area contributed by atoms with Crippen LogP contribution in [0.3, 0.4) is 0 Å². The van der Waals surface area contributed by atoms with Crippen molar-refractivity contribution in [3.63, 3.8) is 0 Å². The summed E-state index contributed by atoms with van der Waals surface area (Å²) < 4.78 is 10.6. The van der Waals surface area contributed by atoms with Gasteiger partial charge >= 0.3 is 6.03 Å². The number of methoxy groups -OCH3 is 2. The molecular formula is C27H33N3O4. The van der Waals surface area contributed by atoms with Crippen LogP contribution in [0.25, 0.3) is 6.08 Å². The molecule has 0 N–H and O–H groups in total. The first-order chi connectivity index (χ1) is 16.6. The van der Waals surface area contributed by atoms with Gasteiger partial charge in [0.2, 0.25) is 0 Å². The maximum atomic E-state index is 13.6. The Morgan fingerprint density at radius 3 is 2.38 bits per heavy atom. The standard InChI is InChI=1S/C27H33N3O4/c1-33-20-19-30-26(32)29(16-8-12-23-11-6-7-13-24(23)34-2)25(31)27(30)14-17-28(18-15-27)21-22-9-4-3-5-10-22/h3-13H,14-21H2,1-2H3. The van der Waals surface area contributed by atoms with E-state index in [1.807, 2.05) is 54.6 Å². The Labute approximate surface area is 201 Å². The molecule has 34 heavy (non-hydrogen) atoms.